The van der Waals surface area contributed by atoms with E-state index in [1.165, 1.54) is 12.0 Å². The lowest BCUT2D eigenvalue weighted by Crippen LogP contribution is -2.16. The normalized spacial score (nSPS) is 11.3. The third kappa shape index (κ3) is 3.02. The van der Waals surface area contributed by atoms with Gasteiger partial charge < -0.3 is 10.4 Å². The van der Waals surface area contributed by atoms with Crippen LogP contribution in [0.5, 0.6) is 5.75 Å². The Labute approximate surface area is 109 Å². The molecular formula is C16H21NO. The van der Waals surface area contributed by atoms with Gasteiger partial charge in [-0.2, -0.15) is 0 Å². The summed E-state index contributed by atoms with van der Waals surface area (Å²) in [4.78, 5) is 0. The van der Waals surface area contributed by atoms with Gasteiger partial charge in [0.15, 0.2) is 0 Å². The number of benzene rings is 2. The summed E-state index contributed by atoms with van der Waals surface area (Å²) in [7, 11) is 0. The van der Waals surface area contributed by atoms with Gasteiger partial charge in [-0.1, -0.05) is 44.2 Å². The Morgan fingerprint density at radius 1 is 1.06 bits per heavy atom. The molecule has 0 fully saturated rings. The molecule has 0 atom stereocenters. The number of hydrogen-bond acceptors (Lipinski definition) is 2. The van der Waals surface area contributed by atoms with Crippen molar-refractivity contribution in [2.75, 3.05) is 6.54 Å². The maximum absolute atomic E-state index is 9.82. The van der Waals surface area contributed by atoms with E-state index in [9.17, 15) is 5.11 Å². The number of nitrogens with one attached hydrogen (secondary N) is 1. The van der Waals surface area contributed by atoms with Crippen LogP contribution in [0, 0.1) is 5.92 Å². The van der Waals surface area contributed by atoms with Gasteiger partial charge >= 0.3 is 0 Å². The molecule has 0 saturated carbocycles. The Hall–Kier alpha value is -1.54. The Kier molecular flexibility index (Phi) is 4.21. The van der Waals surface area contributed by atoms with Gasteiger partial charge in [0.05, 0.1) is 0 Å². The average Bonchev–Trinajstić information content (AvgIpc) is 2.37. The fourth-order valence-corrected chi connectivity index (χ4v) is 2.11. The summed E-state index contributed by atoms with van der Waals surface area (Å²) in [5.74, 6) is 1.09. The molecule has 0 amide bonds. The molecule has 96 valence electrons. The molecule has 0 unspecified atom stereocenters. The van der Waals surface area contributed by atoms with E-state index in [4.69, 9.17) is 0 Å². The maximum Gasteiger partial charge on any atom is 0.123 e. The molecule has 2 heteroatoms. The maximum atomic E-state index is 9.82. The van der Waals surface area contributed by atoms with Crippen LogP contribution in [0.2, 0.25) is 0 Å². The monoisotopic (exact) mass is 243 g/mol. The van der Waals surface area contributed by atoms with Gasteiger partial charge in [0, 0.05) is 11.9 Å². The molecule has 0 aliphatic rings. The number of aromatic hydroxyl groups is 1. The fraction of sp³-hybridized carbons (Fsp3) is 0.375. The van der Waals surface area contributed by atoms with Gasteiger partial charge in [0.25, 0.3) is 0 Å². The molecule has 18 heavy (non-hydrogen) atoms. The van der Waals surface area contributed by atoms with Crippen molar-refractivity contribution in [1.82, 2.24) is 5.32 Å². The summed E-state index contributed by atoms with van der Waals surface area (Å²) in [6.45, 7) is 6.36. The van der Waals surface area contributed by atoms with Crippen molar-refractivity contribution in [3.05, 3.63) is 42.0 Å². The number of rotatable bonds is 5. The number of phenolic OH excluding ortho intramolecular Hbond substituents is 1. The first-order valence-corrected chi connectivity index (χ1v) is 6.59. The van der Waals surface area contributed by atoms with Crippen LogP contribution in [0.4, 0.5) is 0 Å². The molecule has 2 rings (SSSR count). The van der Waals surface area contributed by atoms with Crippen molar-refractivity contribution in [2.24, 2.45) is 5.92 Å². The predicted octanol–water partition coefficient (Wildman–Crippen LogP) is 3.68. The standard InChI is InChI=1S/C16H21NO/c1-12(2)9-10-17-11-13-7-8-16(18)15-6-4-3-5-14(13)15/h3-8,12,17-18H,9-11H2,1-2H3. The van der Waals surface area contributed by atoms with Gasteiger partial charge in [0.2, 0.25) is 0 Å². The van der Waals surface area contributed by atoms with E-state index in [2.05, 4.69) is 25.2 Å². The van der Waals surface area contributed by atoms with Crippen molar-refractivity contribution < 1.29 is 5.11 Å². The van der Waals surface area contributed by atoms with Crippen molar-refractivity contribution in [1.29, 1.82) is 0 Å². The Morgan fingerprint density at radius 3 is 2.50 bits per heavy atom. The molecule has 2 aromatic carbocycles. The van der Waals surface area contributed by atoms with E-state index in [0.717, 1.165) is 29.8 Å². The van der Waals surface area contributed by atoms with Gasteiger partial charge in [-0.3, -0.25) is 0 Å². The van der Waals surface area contributed by atoms with Gasteiger partial charge in [-0.25, -0.2) is 0 Å². The topological polar surface area (TPSA) is 32.3 Å². The van der Waals surface area contributed by atoms with E-state index in [1.807, 2.05) is 24.3 Å². The zero-order valence-electron chi connectivity index (χ0n) is 11.1. The Balaban J connectivity index is 2.11. The van der Waals surface area contributed by atoms with Crippen LogP contribution < -0.4 is 5.32 Å². The molecule has 0 aliphatic carbocycles. The van der Waals surface area contributed by atoms with E-state index in [0.29, 0.717) is 5.75 Å². The smallest absolute Gasteiger partial charge is 0.123 e. The fourth-order valence-electron chi connectivity index (χ4n) is 2.11. The quantitative estimate of drug-likeness (QED) is 0.785. The highest BCUT2D eigenvalue weighted by atomic mass is 16.3. The molecule has 0 aliphatic heterocycles. The van der Waals surface area contributed by atoms with E-state index < -0.39 is 0 Å². The largest absolute Gasteiger partial charge is 0.507 e. The number of hydrogen-bond donors (Lipinski definition) is 2. The molecule has 0 bridgehead atoms. The predicted molar refractivity (Wildman–Crippen MR) is 76.8 cm³/mol. The second-order valence-electron chi connectivity index (χ2n) is 5.15. The van der Waals surface area contributed by atoms with Crippen molar-refractivity contribution in [3.63, 3.8) is 0 Å². The van der Waals surface area contributed by atoms with Gasteiger partial charge in [0.1, 0.15) is 5.75 Å². The molecule has 2 nitrogen and oxygen atoms in total. The minimum atomic E-state index is 0.358. The third-order valence-electron chi connectivity index (χ3n) is 3.21. The van der Waals surface area contributed by atoms with Crippen LogP contribution in [0.25, 0.3) is 10.8 Å². The van der Waals surface area contributed by atoms with Crippen LogP contribution in [0.1, 0.15) is 25.8 Å². The van der Waals surface area contributed by atoms with Crippen LogP contribution in [0.3, 0.4) is 0 Å². The first kappa shape index (κ1) is 12.9. The zero-order chi connectivity index (χ0) is 13.0. The molecule has 2 aromatic rings. The van der Waals surface area contributed by atoms with Gasteiger partial charge in [-0.05, 0) is 35.9 Å². The summed E-state index contributed by atoms with van der Waals surface area (Å²) in [5.41, 5.74) is 1.24. The zero-order valence-corrected chi connectivity index (χ0v) is 11.1. The summed E-state index contributed by atoms with van der Waals surface area (Å²) < 4.78 is 0. The Bertz CT molecular complexity index is 519. The van der Waals surface area contributed by atoms with Crippen molar-refractivity contribution in [3.8, 4) is 5.75 Å². The lowest BCUT2D eigenvalue weighted by Gasteiger charge is -2.10. The van der Waals surface area contributed by atoms with Crippen molar-refractivity contribution in [2.45, 2.75) is 26.8 Å². The highest BCUT2D eigenvalue weighted by molar-refractivity contribution is 5.90. The van der Waals surface area contributed by atoms with E-state index in [1.54, 1.807) is 6.07 Å². The minimum Gasteiger partial charge on any atom is -0.507 e. The van der Waals surface area contributed by atoms with Crippen LogP contribution in [-0.4, -0.2) is 11.7 Å². The number of fused-ring (bicyclic) bond motifs is 1. The third-order valence-corrected chi connectivity index (χ3v) is 3.21. The summed E-state index contributed by atoms with van der Waals surface area (Å²) >= 11 is 0. The molecule has 0 spiro atoms. The summed E-state index contributed by atoms with van der Waals surface area (Å²) in [6, 6.07) is 11.8. The van der Waals surface area contributed by atoms with Crippen LogP contribution in [0.15, 0.2) is 36.4 Å². The lowest BCUT2D eigenvalue weighted by molar-refractivity contribution is 0.481. The van der Waals surface area contributed by atoms with Crippen LogP contribution >= 0.6 is 0 Å². The lowest BCUT2D eigenvalue weighted by atomic mass is 10.0. The van der Waals surface area contributed by atoms with Gasteiger partial charge in [-0.15, -0.1) is 0 Å². The van der Waals surface area contributed by atoms with E-state index in [-0.39, 0.29) is 0 Å². The SMILES string of the molecule is CC(C)CCNCc1ccc(O)c2ccccc12. The average molecular weight is 243 g/mol. The highest BCUT2D eigenvalue weighted by Crippen LogP contribution is 2.27. The summed E-state index contributed by atoms with van der Waals surface area (Å²) in [5, 5.41) is 15.3. The first-order chi connectivity index (χ1) is 8.68. The first-order valence-electron chi connectivity index (χ1n) is 6.59. The molecule has 0 aromatic heterocycles. The highest BCUT2D eigenvalue weighted by Gasteiger charge is 2.04. The second kappa shape index (κ2) is 5.87. The molecular weight excluding hydrogens is 222 g/mol. The number of phenols is 1. The van der Waals surface area contributed by atoms with E-state index >= 15 is 0 Å². The van der Waals surface area contributed by atoms with Crippen LogP contribution in [-0.2, 0) is 6.54 Å². The second-order valence-corrected chi connectivity index (χ2v) is 5.15. The minimum absolute atomic E-state index is 0.358. The molecule has 0 saturated heterocycles. The summed E-state index contributed by atoms with van der Waals surface area (Å²) in [6.07, 6.45) is 1.19. The molecule has 2 N–H and O–H groups in total. The molecule has 0 heterocycles. The molecule has 0 radical (unpaired) electrons. The van der Waals surface area contributed by atoms with Crippen molar-refractivity contribution >= 4 is 10.8 Å². The Morgan fingerprint density at radius 2 is 1.78 bits per heavy atom.